The van der Waals surface area contributed by atoms with Crippen LogP contribution in [0.1, 0.15) is 41.5 Å². The van der Waals surface area contributed by atoms with Crippen molar-refractivity contribution in [2.24, 2.45) is 0 Å². The van der Waals surface area contributed by atoms with Crippen LogP contribution in [-0.4, -0.2) is 57.1 Å². The number of carbonyl (C=O) groups excluding carboxylic acids is 1. The van der Waals surface area contributed by atoms with Crippen molar-refractivity contribution >= 4 is 16.1 Å². The van der Waals surface area contributed by atoms with Crippen LogP contribution in [0.3, 0.4) is 0 Å². The molecule has 0 aromatic heterocycles. The van der Waals surface area contributed by atoms with Gasteiger partial charge in [-0.3, -0.25) is 4.18 Å². The Labute approximate surface area is 139 Å². The molecule has 0 bridgehead atoms. The first kappa shape index (κ1) is 24.3. The Hall–Kier alpha value is -0.990. The number of esters is 1. The Morgan fingerprint density at radius 1 is 1.17 bits per heavy atom. The summed E-state index contributed by atoms with van der Waals surface area (Å²) in [4.78, 5) is 13.3. The van der Waals surface area contributed by atoms with Crippen molar-refractivity contribution < 1.29 is 26.5 Å². The Kier molecular flexibility index (Phi) is 13.1. The Balaban J connectivity index is 0. The molecule has 8 heteroatoms. The van der Waals surface area contributed by atoms with Crippen molar-refractivity contribution in [3.63, 3.8) is 0 Å². The number of hydrogen-bond acceptors (Lipinski definition) is 6. The summed E-state index contributed by atoms with van der Waals surface area (Å²) in [5.74, 6) is -0.981. The molecule has 0 aromatic carbocycles. The van der Waals surface area contributed by atoms with Crippen molar-refractivity contribution in [3.05, 3.63) is 12.2 Å². The molecule has 2 unspecified atom stereocenters. The normalized spacial score (nSPS) is 13.7. The molecule has 0 saturated carbocycles. The summed E-state index contributed by atoms with van der Waals surface area (Å²) in [7, 11) is -4.06. The smallest absolute Gasteiger partial charge is 0.335 e. The largest absolute Gasteiger partial charge is 0.426 e. The summed E-state index contributed by atoms with van der Waals surface area (Å²) in [5, 5.41) is -1.57. The topological polar surface area (TPSA) is 72.9 Å². The fourth-order valence-corrected chi connectivity index (χ4v) is 2.23. The van der Waals surface area contributed by atoms with Gasteiger partial charge in [-0.2, -0.15) is 8.42 Å². The minimum atomic E-state index is -4.06. The number of rotatable bonds is 9. The van der Waals surface area contributed by atoms with Crippen LogP contribution in [0.5, 0.6) is 0 Å². The zero-order chi connectivity index (χ0) is 18.6. The van der Waals surface area contributed by atoms with E-state index in [1.54, 1.807) is 0 Å². The molecule has 23 heavy (non-hydrogen) atoms. The molecule has 0 aliphatic carbocycles. The molecular weight excluding hydrogens is 325 g/mol. The molecule has 0 radical (unpaired) electrons. The number of hydrogen-bond donors (Lipinski definition) is 0. The SMILES string of the molecule is C=C(C)C(=O)OC(F)C(C)S(=O)(=O)OCC.CCN(CC)CC. The molecule has 0 heterocycles. The van der Waals surface area contributed by atoms with Gasteiger partial charge in [0, 0.05) is 5.57 Å². The number of alkyl halides is 1. The lowest BCUT2D eigenvalue weighted by Crippen LogP contribution is -2.33. The van der Waals surface area contributed by atoms with E-state index in [9.17, 15) is 17.6 Å². The highest BCUT2D eigenvalue weighted by molar-refractivity contribution is 7.87. The summed E-state index contributed by atoms with van der Waals surface area (Å²) in [6.07, 6.45) is -2.28. The molecule has 138 valence electrons. The van der Waals surface area contributed by atoms with Gasteiger partial charge in [0.25, 0.3) is 16.5 Å². The fraction of sp³-hybridized carbons (Fsp3) is 0.800. The van der Waals surface area contributed by atoms with Crippen LogP contribution >= 0.6 is 0 Å². The van der Waals surface area contributed by atoms with E-state index >= 15 is 0 Å². The number of carbonyl (C=O) groups is 1. The number of ether oxygens (including phenoxy) is 1. The van der Waals surface area contributed by atoms with Crippen LogP contribution in [0.4, 0.5) is 4.39 Å². The summed E-state index contributed by atoms with van der Waals surface area (Å²) in [6, 6.07) is 0. The van der Waals surface area contributed by atoms with E-state index in [1.807, 2.05) is 0 Å². The number of halogens is 1. The maximum Gasteiger partial charge on any atom is 0.335 e. The Morgan fingerprint density at radius 2 is 1.61 bits per heavy atom. The van der Waals surface area contributed by atoms with E-state index in [1.165, 1.54) is 33.5 Å². The van der Waals surface area contributed by atoms with Gasteiger partial charge in [-0.05, 0) is 40.4 Å². The lowest BCUT2D eigenvalue weighted by molar-refractivity contribution is -0.152. The second-order valence-corrected chi connectivity index (χ2v) is 6.73. The van der Waals surface area contributed by atoms with E-state index in [4.69, 9.17) is 0 Å². The summed E-state index contributed by atoms with van der Waals surface area (Å²) in [5.41, 5.74) is -0.0105. The van der Waals surface area contributed by atoms with Gasteiger partial charge in [0.15, 0.2) is 5.25 Å². The third kappa shape index (κ3) is 10.4. The van der Waals surface area contributed by atoms with Gasteiger partial charge in [-0.1, -0.05) is 27.4 Å². The van der Waals surface area contributed by atoms with Crippen LogP contribution < -0.4 is 0 Å². The van der Waals surface area contributed by atoms with E-state index in [0.717, 1.165) is 6.92 Å². The maximum absolute atomic E-state index is 13.3. The third-order valence-electron chi connectivity index (χ3n) is 3.02. The van der Waals surface area contributed by atoms with Gasteiger partial charge in [-0.25, -0.2) is 9.18 Å². The lowest BCUT2D eigenvalue weighted by Gasteiger charge is -2.16. The molecule has 0 saturated heterocycles. The van der Waals surface area contributed by atoms with E-state index < -0.39 is 27.7 Å². The predicted octanol–water partition coefficient (Wildman–Crippen LogP) is 2.50. The Bertz CT molecular complexity index is 443. The first-order valence-electron chi connectivity index (χ1n) is 7.68. The van der Waals surface area contributed by atoms with Crippen LogP contribution in [0.2, 0.25) is 0 Å². The first-order valence-corrected chi connectivity index (χ1v) is 9.15. The van der Waals surface area contributed by atoms with E-state index in [2.05, 4.69) is 41.2 Å². The van der Waals surface area contributed by atoms with Crippen LogP contribution in [0.25, 0.3) is 0 Å². The molecule has 0 rings (SSSR count). The van der Waals surface area contributed by atoms with Crippen LogP contribution in [0.15, 0.2) is 12.2 Å². The molecule has 0 aliphatic rings. The molecule has 0 aromatic rings. The van der Waals surface area contributed by atoms with Crippen molar-refractivity contribution in [1.29, 1.82) is 0 Å². The van der Waals surface area contributed by atoms with Crippen molar-refractivity contribution in [3.8, 4) is 0 Å². The van der Waals surface area contributed by atoms with E-state index in [0.29, 0.717) is 0 Å². The first-order chi connectivity index (χ1) is 10.6. The van der Waals surface area contributed by atoms with Crippen LogP contribution in [0, 0.1) is 0 Å². The molecule has 6 nitrogen and oxygen atoms in total. The van der Waals surface area contributed by atoms with Crippen molar-refractivity contribution in [1.82, 2.24) is 4.90 Å². The summed E-state index contributed by atoms with van der Waals surface area (Å²) >= 11 is 0. The van der Waals surface area contributed by atoms with E-state index in [-0.39, 0.29) is 12.2 Å². The quantitative estimate of drug-likeness (QED) is 0.359. The van der Waals surface area contributed by atoms with Gasteiger partial charge in [0.1, 0.15) is 0 Å². The van der Waals surface area contributed by atoms with Crippen molar-refractivity contribution in [2.45, 2.75) is 53.2 Å². The molecule has 0 fully saturated rings. The molecule has 0 N–H and O–H groups in total. The Morgan fingerprint density at radius 3 is 1.87 bits per heavy atom. The van der Waals surface area contributed by atoms with Gasteiger partial charge >= 0.3 is 5.97 Å². The highest BCUT2D eigenvalue weighted by Gasteiger charge is 2.33. The zero-order valence-electron chi connectivity index (χ0n) is 15.0. The highest BCUT2D eigenvalue weighted by Crippen LogP contribution is 2.14. The van der Waals surface area contributed by atoms with Gasteiger partial charge in [-0.15, -0.1) is 0 Å². The molecular formula is C15H30FNO5S. The van der Waals surface area contributed by atoms with Crippen molar-refractivity contribution in [2.75, 3.05) is 26.2 Å². The van der Waals surface area contributed by atoms with Gasteiger partial charge in [0.2, 0.25) is 0 Å². The van der Waals surface area contributed by atoms with Gasteiger partial charge < -0.3 is 9.64 Å². The van der Waals surface area contributed by atoms with Crippen LogP contribution in [-0.2, 0) is 23.8 Å². The standard InChI is InChI=1S/C9H15FO5S.C6H15N/c1-5-14-16(12,13)7(4)8(10)15-9(11)6(2)3;1-4-7(5-2)6-3/h7-8H,2,5H2,1,3-4H3;4-6H2,1-3H3. The second-order valence-electron chi connectivity index (χ2n) is 4.76. The molecule has 2 atom stereocenters. The fourth-order valence-electron chi connectivity index (χ4n) is 1.37. The minimum Gasteiger partial charge on any atom is -0.426 e. The summed E-state index contributed by atoms with van der Waals surface area (Å²) < 4.78 is 44.4. The molecule has 0 aliphatic heterocycles. The maximum atomic E-state index is 13.3. The molecule has 0 spiro atoms. The zero-order valence-corrected chi connectivity index (χ0v) is 15.8. The third-order valence-corrected chi connectivity index (χ3v) is 4.71. The molecule has 0 amide bonds. The minimum absolute atomic E-state index is 0.0105. The second kappa shape index (κ2) is 12.4. The highest BCUT2D eigenvalue weighted by atomic mass is 32.2. The van der Waals surface area contributed by atoms with Gasteiger partial charge in [0.05, 0.1) is 6.61 Å². The predicted molar refractivity (Wildman–Crippen MR) is 89.3 cm³/mol. The average molecular weight is 355 g/mol. The average Bonchev–Trinajstić information content (AvgIpc) is 2.48. The lowest BCUT2D eigenvalue weighted by atomic mass is 10.3. The number of nitrogens with zero attached hydrogens (tertiary/aromatic N) is 1. The summed E-state index contributed by atoms with van der Waals surface area (Å²) in [6.45, 7) is 17.1. The monoisotopic (exact) mass is 355 g/mol.